The van der Waals surface area contributed by atoms with Gasteiger partial charge >= 0.3 is 0 Å². The molecule has 1 heterocycles. The number of rotatable bonds is 5. The molecule has 0 aliphatic carbocycles. The fourth-order valence-electron chi connectivity index (χ4n) is 1.68. The van der Waals surface area contributed by atoms with Crippen LogP contribution in [0.1, 0.15) is 10.4 Å². The molecular formula is C13H13BrN2O2S3. The van der Waals surface area contributed by atoms with Crippen molar-refractivity contribution >= 4 is 54.5 Å². The number of benzene rings is 1. The Hall–Kier alpha value is -0.800. The van der Waals surface area contributed by atoms with Gasteiger partial charge in [-0.1, -0.05) is 40.3 Å². The highest BCUT2D eigenvalue weighted by molar-refractivity contribution is 9.10. The Labute approximate surface area is 141 Å². The first kappa shape index (κ1) is 16.6. The predicted molar refractivity (Wildman–Crippen MR) is 93.0 cm³/mol. The van der Waals surface area contributed by atoms with Crippen LogP contribution in [-0.4, -0.2) is 24.8 Å². The third-order valence-corrected chi connectivity index (χ3v) is 7.07. The minimum absolute atomic E-state index is 0.206. The molecule has 4 nitrogen and oxygen atoms in total. The van der Waals surface area contributed by atoms with Crippen LogP contribution in [0.15, 0.2) is 45.1 Å². The number of thiophene rings is 1. The first-order valence-corrected chi connectivity index (χ1v) is 9.37. The molecule has 0 saturated carbocycles. The molecule has 2 rings (SSSR count). The summed E-state index contributed by atoms with van der Waals surface area (Å²) in [6.07, 6.45) is 0. The van der Waals surface area contributed by atoms with Crippen molar-refractivity contribution < 1.29 is 8.42 Å². The van der Waals surface area contributed by atoms with Gasteiger partial charge in [0.15, 0.2) is 0 Å². The Bertz CT molecular complexity index is 754. The number of hydrogen-bond acceptors (Lipinski definition) is 4. The van der Waals surface area contributed by atoms with Crippen LogP contribution in [0.2, 0.25) is 0 Å². The molecule has 0 amide bonds. The summed E-state index contributed by atoms with van der Waals surface area (Å²) in [6, 6.07) is 10.7. The summed E-state index contributed by atoms with van der Waals surface area (Å²) in [7, 11) is -1.98. The molecule has 0 unspecified atom stereocenters. The molecule has 21 heavy (non-hydrogen) atoms. The SMILES string of the molecule is CN(Cc1ccc(Br)cc1)S(=O)(=O)c1ccc(C(N)=S)s1. The molecule has 112 valence electrons. The minimum atomic E-state index is -3.54. The van der Waals surface area contributed by atoms with E-state index in [1.165, 1.54) is 10.4 Å². The number of hydrogen-bond donors (Lipinski definition) is 1. The Morgan fingerprint density at radius 3 is 2.43 bits per heavy atom. The summed E-state index contributed by atoms with van der Waals surface area (Å²) in [5, 5.41) is 0. The Kier molecular flexibility index (Phi) is 5.15. The van der Waals surface area contributed by atoms with Crippen molar-refractivity contribution in [2.24, 2.45) is 5.73 Å². The highest BCUT2D eigenvalue weighted by atomic mass is 79.9. The summed E-state index contributed by atoms with van der Waals surface area (Å²) >= 11 is 9.29. The third-order valence-electron chi connectivity index (χ3n) is 2.81. The molecule has 1 aromatic carbocycles. The van der Waals surface area contributed by atoms with E-state index >= 15 is 0 Å². The van der Waals surface area contributed by atoms with E-state index in [1.54, 1.807) is 13.1 Å². The molecule has 0 radical (unpaired) electrons. The summed E-state index contributed by atoms with van der Waals surface area (Å²) < 4.78 is 27.5. The zero-order valence-corrected chi connectivity index (χ0v) is 15.2. The Morgan fingerprint density at radius 2 is 1.90 bits per heavy atom. The van der Waals surface area contributed by atoms with E-state index in [4.69, 9.17) is 18.0 Å². The van der Waals surface area contributed by atoms with Crippen LogP contribution in [0, 0.1) is 0 Å². The van der Waals surface area contributed by atoms with Crippen LogP contribution in [-0.2, 0) is 16.6 Å². The van der Waals surface area contributed by atoms with E-state index in [9.17, 15) is 8.42 Å². The van der Waals surface area contributed by atoms with Crippen LogP contribution in [0.4, 0.5) is 0 Å². The number of nitrogens with two attached hydrogens (primary N) is 1. The van der Waals surface area contributed by atoms with Gasteiger partial charge in [0.05, 0.1) is 4.88 Å². The largest absolute Gasteiger partial charge is 0.389 e. The van der Waals surface area contributed by atoms with Crippen LogP contribution >= 0.6 is 39.5 Å². The van der Waals surface area contributed by atoms with E-state index in [1.807, 2.05) is 24.3 Å². The first-order valence-electron chi connectivity index (χ1n) is 5.91. The van der Waals surface area contributed by atoms with E-state index in [2.05, 4.69) is 15.9 Å². The average molecular weight is 405 g/mol. The molecule has 0 aliphatic rings. The highest BCUT2D eigenvalue weighted by Crippen LogP contribution is 2.25. The topological polar surface area (TPSA) is 63.4 Å². The van der Waals surface area contributed by atoms with Crippen LogP contribution in [0.3, 0.4) is 0 Å². The van der Waals surface area contributed by atoms with E-state index in [0.717, 1.165) is 21.4 Å². The summed E-state index contributed by atoms with van der Waals surface area (Å²) in [5.41, 5.74) is 6.43. The van der Waals surface area contributed by atoms with Gasteiger partial charge in [-0.25, -0.2) is 8.42 Å². The Balaban J connectivity index is 2.21. The van der Waals surface area contributed by atoms with Crippen LogP contribution in [0.5, 0.6) is 0 Å². The maximum atomic E-state index is 12.5. The lowest BCUT2D eigenvalue weighted by atomic mass is 10.2. The third kappa shape index (κ3) is 3.89. The zero-order chi connectivity index (χ0) is 15.6. The molecule has 0 bridgehead atoms. The smallest absolute Gasteiger partial charge is 0.252 e. The second-order valence-corrected chi connectivity index (χ2v) is 9.08. The fourth-order valence-corrected chi connectivity index (χ4v) is 4.66. The lowest BCUT2D eigenvalue weighted by Crippen LogP contribution is -2.25. The molecule has 0 spiro atoms. The molecular weight excluding hydrogens is 392 g/mol. The quantitative estimate of drug-likeness (QED) is 0.777. The van der Waals surface area contributed by atoms with Gasteiger partial charge in [-0.3, -0.25) is 0 Å². The van der Waals surface area contributed by atoms with Crippen molar-refractivity contribution in [3.8, 4) is 0 Å². The molecule has 2 N–H and O–H groups in total. The van der Waals surface area contributed by atoms with Crippen molar-refractivity contribution in [1.82, 2.24) is 4.31 Å². The maximum Gasteiger partial charge on any atom is 0.252 e. The molecule has 0 atom stereocenters. The standard InChI is InChI=1S/C13H13BrN2O2S3/c1-16(8-9-2-4-10(14)5-3-9)21(17,18)12-7-6-11(20-12)13(15)19/h2-7H,8H2,1H3,(H2,15,19). The zero-order valence-electron chi connectivity index (χ0n) is 11.1. The number of halogens is 1. The van der Waals surface area contributed by atoms with Crippen molar-refractivity contribution in [3.05, 3.63) is 51.3 Å². The number of sulfonamides is 1. The van der Waals surface area contributed by atoms with Crippen molar-refractivity contribution in [2.75, 3.05) is 7.05 Å². The van der Waals surface area contributed by atoms with Crippen LogP contribution in [0.25, 0.3) is 0 Å². The summed E-state index contributed by atoms with van der Waals surface area (Å²) in [5.74, 6) is 0. The molecule has 0 saturated heterocycles. The van der Waals surface area contributed by atoms with Gasteiger partial charge in [0.1, 0.15) is 9.20 Å². The molecule has 0 fully saturated rings. The van der Waals surface area contributed by atoms with Crippen molar-refractivity contribution in [1.29, 1.82) is 0 Å². The minimum Gasteiger partial charge on any atom is -0.389 e. The first-order chi connectivity index (χ1) is 9.80. The summed E-state index contributed by atoms with van der Waals surface area (Å²) in [4.78, 5) is 0.803. The van der Waals surface area contributed by atoms with E-state index < -0.39 is 10.0 Å². The second-order valence-electron chi connectivity index (χ2n) is 4.37. The molecule has 2 aromatic rings. The van der Waals surface area contributed by atoms with E-state index in [0.29, 0.717) is 11.4 Å². The lowest BCUT2D eigenvalue weighted by Gasteiger charge is -2.16. The number of nitrogens with zero attached hydrogens (tertiary/aromatic N) is 1. The van der Waals surface area contributed by atoms with E-state index in [-0.39, 0.29) is 9.20 Å². The fraction of sp³-hybridized carbons (Fsp3) is 0.154. The lowest BCUT2D eigenvalue weighted by molar-refractivity contribution is 0.468. The van der Waals surface area contributed by atoms with Gasteiger partial charge in [-0.2, -0.15) is 4.31 Å². The molecule has 8 heteroatoms. The van der Waals surface area contributed by atoms with Gasteiger partial charge in [0, 0.05) is 18.1 Å². The predicted octanol–water partition coefficient (Wildman–Crippen LogP) is 2.97. The normalized spacial score (nSPS) is 11.8. The van der Waals surface area contributed by atoms with Gasteiger partial charge < -0.3 is 5.73 Å². The van der Waals surface area contributed by atoms with Gasteiger partial charge in [0.25, 0.3) is 10.0 Å². The highest BCUT2D eigenvalue weighted by Gasteiger charge is 2.23. The van der Waals surface area contributed by atoms with Crippen molar-refractivity contribution in [3.63, 3.8) is 0 Å². The summed E-state index contributed by atoms with van der Waals surface area (Å²) in [6.45, 7) is 0.302. The molecule has 1 aromatic heterocycles. The second kappa shape index (κ2) is 6.53. The van der Waals surface area contributed by atoms with Crippen molar-refractivity contribution in [2.45, 2.75) is 10.8 Å². The molecule has 0 aliphatic heterocycles. The van der Waals surface area contributed by atoms with Crippen LogP contribution < -0.4 is 5.73 Å². The maximum absolute atomic E-state index is 12.5. The monoisotopic (exact) mass is 404 g/mol. The average Bonchev–Trinajstić information content (AvgIpc) is 2.91. The van der Waals surface area contributed by atoms with Gasteiger partial charge in [-0.15, -0.1) is 11.3 Å². The number of thiocarbonyl (C=S) groups is 1. The Morgan fingerprint density at radius 1 is 1.29 bits per heavy atom. The van der Waals surface area contributed by atoms with Gasteiger partial charge in [0.2, 0.25) is 0 Å². The van der Waals surface area contributed by atoms with Gasteiger partial charge in [-0.05, 0) is 29.8 Å².